The van der Waals surface area contributed by atoms with E-state index in [0.29, 0.717) is 17.3 Å². The van der Waals surface area contributed by atoms with E-state index in [1.165, 1.54) is 17.7 Å². The van der Waals surface area contributed by atoms with Gasteiger partial charge in [0, 0.05) is 27.5 Å². The Morgan fingerprint density at radius 3 is 2.75 bits per heavy atom. The molecule has 1 amide bonds. The van der Waals surface area contributed by atoms with Crippen molar-refractivity contribution >= 4 is 40.2 Å². The second-order valence-electron chi connectivity index (χ2n) is 6.93. The standard InChI is InChI=1S/C22H20ClFN2OS/c23-15-7-10-20-18(11-15)22(17-3-1-2-4-19(17)26-20)28-13-21(27)25-12-14-5-8-16(24)9-6-14/h5-11H,1-4,12-13H2,(H,25,27). The molecule has 4 rings (SSSR count). The maximum Gasteiger partial charge on any atom is 0.230 e. The molecule has 1 aliphatic carbocycles. The van der Waals surface area contributed by atoms with E-state index in [1.54, 1.807) is 23.9 Å². The molecule has 3 aromatic rings. The van der Waals surface area contributed by atoms with Crippen LogP contribution in [0, 0.1) is 5.82 Å². The Balaban J connectivity index is 1.51. The van der Waals surface area contributed by atoms with Gasteiger partial charge in [-0.05, 0) is 67.1 Å². The van der Waals surface area contributed by atoms with E-state index < -0.39 is 0 Å². The number of fused-ring (bicyclic) bond motifs is 2. The molecule has 28 heavy (non-hydrogen) atoms. The maximum atomic E-state index is 13.0. The van der Waals surface area contributed by atoms with Crippen LogP contribution in [0.2, 0.25) is 5.02 Å². The number of hydrogen-bond acceptors (Lipinski definition) is 3. The highest BCUT2D eigenvalue weighted by Crippen LogP contribution is 2.37. The van der Waals surface area contributed by atoms with Crippen LogP contribution in [0.5, 0.6) is 0 Å². The Bertz CT molecular complexity index is 1020. The van der Waals surface area contributed by atoms with E-state index >= 15 is 0 Å². The molecule has 3 nitrogen and oxygen atoms in total. The summed E-state index contributed by atoms with van der Waals surface area (Å²) in [5.74, 6) is -0.0104. The summed E-state index contributed by atoms with van der Waals surface area (Å²) in [5.41, 5.74) is 4.21. The fourth-order valence-corrected chi connectivity index (χ4v) is 4.77. The number of halogens is 2. The van der Waals surface area contributed by atoms with Gasteiger partial charge in [-0.1, -0.05) is 23.7 Å². The van der Waals surface area contributed by atoms with Gasteiger partial charge in [0.05, 0.1) is 11.3 Å². The zero-order valence-corrected chi connectivity index (χ0v) is 16.9. The first kappa shape index (κ1) is 19.2. The minimum absolute atomic E-state index is 0.0501. The molecule has 2 aromatic carbocycles. The van der Waals surface area contributed by atoms with Crippen molar-refractivity contribution in [3.05, 3.63) is 70.1 Å². The van der Waals surface area contributed by atoms with Gasteiger partial charge in [0.2, 0.25) is 5.91 Å². The minimum atomic E-state index is -0.279. The summed E-state index contributed by atoms with van der Waals surface area (Å²) in [4.78, 5) is 18.3. The number of pyridine rings is 1. The van der Waals surface area contributed by atoms with E-state index in [4.69, 9.17) is 16.6 Å². The van der Waals surface area contributed by atoms with Crippen LogP contribution in [-0.4, -0.2) is 16.6 Å². The van der Waals surface area contributed by atoms with Crippen LogP contribution in [0.4, 0.5) is 4.39 Å². The SMILES string of the molecule is O=C(CSc1c2c(nc3ccc(Cl)cc13)CCCC2)NCc1ccc(F)cc1. The molecular formula is C22H20ClFN2OS. The van der Waals surface area contributed by atoms with Crippen molar-refractivity contribution in [2.75, 3.05) is 5.75 Å². The number of carbonyl (C=O) groups is 1. The van der Waals surface area contributed by atoms with Crippen molar-refractivity contribution < 1.29 is 9.18 Å². The van der Waals surface area contributed by atoms with Gasteiger partial charge < -0.3 is 5.32 Å². The molecule has 1 aliphatic rings. The van der Waals surface area contributed by atoms with Crippen LogP contribution >= 0.6 is 23.4 Å². The fourth-order valence-electron chi connectivity index (χ4n) is 3.51. The third-order valence-electron chi connectivity index (χ3n) is 4.92. The number of hydrogen-bond donors (Lipinski definition) is 1. The van der Waals surface area contributed by atoms with Crippen molar-refractivity contribution in [3.63, 3.8) is 0 Å². The molecule has 0 saturated carbocycles. The Labute approximate surface area is 172 Å². The number of rotatable bonds is 5. The number of carbonyl (C=O) groups excluding carboxylic acids is 1. The number of nitrogens with zero attached hydrogens (tertiary/aromatic N) is 1. The van der Waals surface area contributed by atoms with Crippen molar-refractivity contribution in [1.29, 1.82) is 0 Å². The first-order valence-corrected chi connectivity index (χ1v) is 10.7. The number of thioether (sulfide) groups is 1. The van der Waals surface area contributed by atoms with Gasteiger partial charge in [-0.25, -0.2) is 4.39 Å². The van der Waals surface area contributed by atoms with Crippen LogP contribution in [0.15, 0.2) is 47.4 Å². The molecule has 1 N–H and O–H groups in total. The first-order valence-electron chi connectivity index (χ1n) is 9.35. The summed E-state index contributed by atoms with van der Waals surface area (Å²) in [6, 6.07) is 11.9. The van der Waals surface area contributed by atoms with Gasteiger partial charge in [-0.2, -0.15) is 0 Å². The van der Waals surface area contributed by atoms with Crippen molar-refractivity contribution in [3.8, 4) is 0 Å². The topological polar surface area (TPSA) is 42.0 Å². The molecule has 1 heterocycles. The molecule has 0 saturated heterocycles. The summed E-state index contributed by atoms with van der Waals surface area (Å²) in [6.45, 7) is 0.390. The average molecular weight is 415 g/mol. The van der Waals surface area contributed by atoms with Gasteiger partial charge in [0.1, 0.15) is 5.82 Å². The molecule has 1 aromatic heterocycles. The van der Waals surface area contributed by atoms with Gasteiger partial charge in [-0.15, -0.1) is 11.8 Å². The predicted molar refractivity (Wildman–Crippen MR) is 112 cm³/mol. The molecule has 144 valence electrons. The average Bonchev–Trinajstić information content (AvgIpc) is 2.71. The van der Waals surface area contributed by atoms with Crippen molar-refractivity contribution in [1.82, 2.24) is 10.3 Å². The molecule has 0 spiro atoms. The van der Waals surface area contributed by atoms with Gasteiger partial charge in [0.25, 0.3) is 0 Å². The second-order valence-corrected chi connectivity index (χ2v) is 8.35. The van der Waals surface area contributed by atoms with Crippen LogP contribution < -0.4 is 5.32 Å². The highest BCUT2D eigenvalue weighted by Gasteiger charge is 2.19. The molecule has 0 aliphatic heterocycles. The Hall–Kier alpha value is -2.11. The lowest BCUT2D eigenvalue weighted by Crippen LogP contribution is -2.24. The zero-order valence-electron chi connectivity index (χ0n) is 15.3. The molecule has 0 bridgehead atoms. The van der Waals surface area contributed by atoms with Crippen LogP contribution in [-0.2, 0) is 24.2 Å². The monoisotopic (exact) mass is 414 g/mol. The highest BCUT2D eigenvalue weighted by atomic mass is 35.5. The normalized spacial score (nSPS) is 13.4. The number of amides is 1. The molecule has 0 radical (unpaired) electrons. The zero-order chi connectivity index (χ0) is 19.5. The first-order chi connectivity index (χ1) is 13.6. The summed E-state index contributed by atoms with van der Waals surface area (Å²) in [6.07, 6.45) is 4.27. The van der Waals surface area contributed by atoms with E-state index in [-0.39, 0.29) is 11.7 Å². The number of benzene rings is 2. The third kappa shape index (κ3) is 4.31. The lowest BCUT2D eigenvalue weighted by atomic mass is 9.94. The predicted octanol–water partition coefficient (Wildman–Crippen LogP) is 5.31. The molecule has 0 fully saturated rings. The summed E-state index contributed by atoms with van der Waals surface area (Å²) in [7, 11) is 0. The highest BCUT2D eigenvalue weighted by molar-refractivity contribution is 8.00. The summed E-state index contributed by atoms with van der Waals surface area (Å²) >= 11 is 7.77. The van der Waals surface area contributed by atoms with Crippen LogP contribution in [0.1, 0.15) is 29.7 Å². The van der Waals surface area contributed by atoms with Crippen molar-refractivity contribution in [2.45, 2.75) is 37.1 Å². The number of aromatic nitrogens is 1. The van der Waals surface area contributed by atoms with Crippen LogP contribution in [0.25, 0.3) is 10.9 Å². The van der Waals surface area contributed by atoms with Gasteiger partial charge >= 0.3 is 0 Å². The van der Waals surface area contributed by atoms with Gasteiger partial charge in [-0.3, -0.25) is 9.78 Å². The van der Waals surface area contributed by atoms with E-state index in [2.05, 4.69) is 5.32 Å². The number of aryl methyl sites for hydroxylation is 1. The Morgan fingerprint density at radius 2 is 1.93 bits per heavy atom. The third-order valence-corrected chi connectivity index (χ3v) is 6.32. The van der Waals surface area contributed by atoms with E-state index in [1.807, 2.05) is 18.2 Å². The fraction of sp³-hybridized carbons (Fsp3) is 0.273. The lowest BCUT2D eigenvalue weighted by Gasteiger charge is -2.20. The minimum Gasteiger partial charge on any atom is -0.351 e. The summed E-state index contributed by atoms with van der Waals surface area (Å²) in [5, 5.41) is 4.60. The Kier molecular flexibility index (Phi) is 5.83. The van der Waals surface area contributed by atoms with E-state index in [0.717, 1.165) is 52.7 Å². The lowest BCUT2D eigenvalue weighted by molar-refractivity contribution is -0.118. The quantitative estimate of drug-likeness (QED) is 0.575. The van der Waals surface area contributed by atoms with Gasteiger partial charge in [0.15, 0.2) is 0 Å². The molecule has 6 heteroatoms. The van der Waals surface area contributed by atoms with Crippen molar-refractivity contribution in [2.24, 2.45) is 0 Å². The second kappa shape index (κ2) is 8.50. The molecule has 0 atom stereocenters. The summed E-state index contributed by atoms with van der Waals surface area (Å²) < 4.78 is 13.0. The number of nitrogens with one attached hydrogen (secondary N) is 1. The van der Waals surface area contributed by atoms with E-state index in [9.17, 15) is 9.18 Å². The smallest absolute Gasteiger partial charge is 0.230 e. The largest absolute Gasteiger partial charge is 0.351 e. The maximum absolute atomic E-state index is 13.0. The molecular weight excluding hydrogens is 395 g/mol. The van der Waals surface area contributed by atoms with Crippen LogP contribution in [0.3, 0.4) is 0 Å². The Morgan fingerprint density at radius 1 is 1.14 bits per heavy atom. The molecule has 0 unspecified atom stereocenters.